The van der Waals surface area contributed by atoms with Crippen molar-refractivity contribution >= 4 is 40.5 Å². The van der Waals surface area contributed by atoms with Crippen LogP contribution in [0.1, 0.15) is 11.1 Å². The number of thiophene rings is 1. The van der Waals surface area contributed by atoms with Crippen LogP contribution in [0.25, 0.3) is 21.6 Å². The van der Waals surface area contributed by atoms with Crippen molar-refractivity contribution in [1.29, 1.82) is 5.26 Å². The third-order valence-electron chi connectivity index (χ3n) is 3.92. The molecule has 3 aromatic rings. The SMILES string of the molecule is Cc1ccsc1-c1c(C#N)c2[nH]cnc(=S)c2n1CCNC(=O)C(F)(F)F. The van der Waals surface area contributed by atoms with E-state index in [-0.39, 0.29) is 17.7 Å². The molecule has 0 bridgehead atoms. The van der Waals surface area contributed by atoms with Gasteiger partial charge in [0.1, 0.15) is 17.1 Å². The van der Waals surface area contributed by atoms with Crippen LogP contribution in [0.3, 0.4) is 0 Å². The highest BCUT2D eigenvalue weighted by Gasteiger charge is 2.38. The number of halogens is 3. The average Bonchev–Trinajstić information content (AvgIpc) is 3.15. The van der Waals surface area contributed by atoms with Gasteiger partial charge in [-0.15, -0.1) is 11.3 Å². The number of rotatable bonds is 4. The molecular weight excluding hydrogens is 399 g/mol. The Morgan fingerprint density at radius 1 is 1.52 bits per heavy atom. The first-order valence-electron chi connectivity index (χ1n) is 7.65. The van der Waals surface area contributed by atoms with Crippen LogP contribution in [0.2, 0.25) is 0 Å². The molecule has 27 heavy (non-hydrogen) atoms. The molecule has 1 amide bonds. The number of aromatic nitrogens is 3. The Balaban J connectivity index is 2.13. The summed E-state index contributed by atoms with van der Waals surface area (Å²) in [5.74, 6) is -2.02. The zero-order valence-corrected chi connectivity index (χ0v) is 15.5. The Morgan fingerprint density at radius 3 is 2.85 bits per heavy atom. The van der Waals surface area contributed by atoms with Gasteiger partial charge in [0.15, 0.2) is 4.64 Å². The van der Waals surface area contributed by atoms with Gasteiger partial charge >= 0.3 is 12.1 Å². The standard InChI is InChI=1S/C16H12F3N5OS2/c1-8-2-5-27-13(8)11-9(6-20)10-12(14(26)23-7-22-10)24(11)4-3-21-15(25)16(17,18)19/h2,5,7H,3-4H2,1H3,(H,21,25)(H,22,23,26). The van der Waals surface area contributed by atoms with E-state index < -0.39 is 12.1 Å². The smallest absolute Gasteiger partial charge is 0.346 e. The second-order valence-electron chi connectivity index (χ2n) is 5.60. The van der Waals surface area contributed by atoms with E-state index in [1.165, 1.54) is 17.7 Å². The van der Waals surface area contributed by atoms with E-state index in [4.69, 9.17) is 12.2 Å². The zero-order valence-electron chi connectivity index (χ0n) is 13.8. The Bertz CT molecular complexity index is 1120. The van der Waals surface area contributed by atoms with E-state index in [1.54, 1.807) is 4.57 Å². The maximum absolute atomic E-state index is 12.4. The van der Waals surface area contributed by atoms with Crippen LogP contribution in [-0.4, -0.2) is 33.2 Å². The average molecular weight is 411 g/mol. The maximum Gasteiger partial charge on any atom is 0.471 e. The number of alkyl halides is 3. The van der Waals surface area contributed by atoms with Gasteiger partial charge in [0, 0.05) is 13.1 Å². The van der Waals surface area contributed by atoms with Crippen LogP contribution in [0, 0.1) is 22.9 Å². The van der Waals surface area contributed by atoms with Crippen molar-refractivity contribution in [3.63, 3.8) is 0 Å². The van der Waals surface area contributed by atoms with Gasteiger partial charge in [0.05, 0.1) is 22.4 Å². The molecule has 3 heterocycles. The molecule has 140 valence electrons. The summed E-state index contributed by atoms with van der Waals surface area (Å²) in [6.07, 6.45) is -3.59. The van der Waals surface area contributed by atoms with E-state index in [9.17, 15) is 23.2 Å². The van der Waals surface area contributed by atoms with Gasteiger partial charge in [0.2, 0.25) is 0 Å². The van der Waals surface area contributed by atoms with Crippen LogP contribution in [0.4, 0.5) is 13.2 Å². The molecule has 0 atom stereocenters. The summed E-state index contributed by atoms with van der Waals surface area (Å²) < 4.78 is 39.1. The maximum atomic E-state index is 12.4. The summed E-state index contributed by atoms with van der Waals surface area (Å²) >= 11 is 6.66. The summed E-state index contributed by atoms with van der Waals surface area (Å²) in [5.41, 5.74) is 2.68. The van der Waals surface area contributed by atoms with Crippen molar-refractivity contribution in [3.05, 3.63) is 33.5 Å². The first-order valence-corrected chi connectivity index (χ1v) is 8.94. The largest absolute Gasteiger partial charge is 0.471 e. The molecule has 0 unspecified atom stereocenters. The minimum atomic E-state index is -4.96. The lowest BCUT2D eigenvalue weighted by atomic mass is 10.1. The highest BCUT2D eigenvalue weighted by Crippen LogP contribution is 2.37. The zero-order chi connectivity index (χ0) is 19.8. The fourth-order valence-corrected chi connectivity index (χ4v) is 4.01. The quantitative estimate of drug-likeness (QED) is 0.642. The lowest BCUT2D eigenvalue weighted by molar-refractivity contribution is -0.173. The Kier molecular flexibility index (Phi) is 5.03. The molecule has 0 aromatic carbocycles. The molecule has 0 spiro atoms. The van der Waals surface area contributed by atoms with E-state index in [0.717, 1.165) is 10.4 Å². The molecule has 0 aliphatic rings. The summed E-state index contributed by atoms with van der Waals surface area (Å²) in [6.45, 7) is 1.58. The van der Waals surface area contributed by atoms with Crippen molar-refractivity contribution in [2.45, 2.75) is 19.6 Å². The number of hydrogen-bond acceptors (Lipinski definition) is 5. The van der Waals surface area contributed by atoms with E-state index in [1.807, 2.05) is 23.7 Å². The summed E-state index contributed by atoms with van der Waals surface area (Å²) in [6, 6.07) is 4.02. The molecule has 0 saturated heterocycles. The molecule has 0 saturated carbocycles. The molecule has 0 aliphatic heterocycles. The number of hydrogen-bond donors (Lipinski definition) is 2. The minimum Gasteiger partial charge on any atom is -0.346 e. The molecule has 6 nitrogen and oxygen atoms in total. The van der Waals surface area contributed by atoms with Gasteiger partial charge in [-0.05, 0) is 23.9 Å². The minimum absolute atomic E-state index is 0.00412. The summed E-state index contributed by atoms with van der Waals surface area (Å²) in [5, 5.41) is 13.4. The number of nitrogens with zero attached hydrogens (tertiary/aromatic N) is 3. The molecule has 3 rings (SSSR count). The number of carbonyl (C=O) groups excluding carboxylic acids is 1. The van der Waals surface area contributed by atoms with Crippen LogP contribution in [0.5, 0.6) is 0 Å². The van der Waals surface area contributed by atoms with E-state index in [2.05, 4.69) is 16.0 Å². The first kappa shape index (κ1) is 19.1. The highest BCUT2D eigenvalue weighted by atomic mass is 32.1. The van der Waals surface area contributed by atoms with E-state index in [0.29, 0.717) is 22.3 Å². The van der Waals surface area contributed by atoms with Crippen LogP contribution in [0.15, 0.2) is 17.8 Å². The van der Waals surface area contributed by atoms with Crippen molar-refractivity contribution in [3.8, 4) is 16.6 Å². The predicted molar refractivity (Wildman–Crippen MR) is 96.7 cm³/mol. The number of nitrogens with one attached hydrogen (secondary N) is 2. The van der Waals surface area contributed by atoms with Gasteiger partial charge in [-0.25, -0.2) is 4.98 Å². The first-order chi connectivity index (χ1) is 12.8. The number of nitriles is 1. The Hall–Kier alpha value is -2.71. The third kappa shape index (κ3) is 3.45. The number of H-pyrrole nitrogens is 1. The molecule has 0 fully saturated rings. The van der Waals surface area contributed by atoms with Crippen molar-refractivity contribution in [1.82, 2.24) is 19.9 Å². The number of aromatic amines is 1. The van der Waals surface area contributed by atoms with Gasteiger partial charge < -0.3 is 14.9 Å². The highest BCUT2D eigenvalue weighted by molar-refractivity contribution is 7.71. The normalized spacial score (nSPS) is 11.5. The second kappa shape index (κ2) is 7.13. The Labute approximate surface area is 160 Å². The van der Waals surface area contributed by atoms with Crippen molar-refractivity contribution < 1.29 is 18.0 Å². The van der Waals surface area contributed by atoms with Crippen LogP contribution < -0.4 is 5.32 Å². The Morgan fingerprint density at radius 2 is 2.26 bits per heavy atom. The third-order valence-corrected chi connectivity index (χ3v) is 5.25. The monoisotopic (exact) mass is 411 g/mol. The number of amides is 1. The summed E-state index contributed by atoms with van der Waals surface area (Å²) in [7, 11) is 0. The fraction of sp³-hybridized carbons (Fsp3) is 0.250. The topological polar surface area (TPSA) is 86.5 Å². The van der Waals surface area contributed by atoms with E-state index >= 15 is 0 Å². The number of carbonyl (C=O) groups is 1. The molecule has 2 N–H and O–H groups in total. The van der Waals surface area contributed by atoms with Crippen molar-refractivity contribution in [2.75, 3.05) is 6.54 Å². The van der Waals surface area contributed by atoms with Gasteiger partial charge in [-0.3, -0.25) is 4.79 Å². The van der Waals surface area contributed by atoms with Gasteiger partial charge in [0.25, 0.3) is 0 Å². The fourth-order valence-electron chi connectivity index (χ4n) is 2.76. The van der Waals surface area contributed by atoms with Crippen molar-refractivity contribution in [2.24, 2.45) is 0 Å². The molecular formula is C16H12F3N5OS2. The van der Waals surface area contributed by atoms with Gasteiger partial charge in [-0.2, -0.15) is 18.4 Å². The molecule has 0 radical (unpaired) electrons. The summed E-state index contributed by atoms with van der Waals surface area (Å²) in [4.78, 5) is 18.8. The number of aryl methyl sites for hydroxylation is 1. The molecule has 11 heteroatoms. The predicted octanol–water partition coefficient (Wildman–Crippen LogP) is 3.68. The van der Waals surface area contributed by atoms with Gasteiger partial charge in [-0.1, -0.05) is 12.2 Å². The molecule has 3 aromatic heterocycles. The lowest BCUT2D eigenvalue weighted by Gasteiger charge is -2.12. The second-order valence-corrected chi connectivity index (χ2v) is 6.91. The lowest BCUT2D eigenvalue weighted by Crippen LogP contribution is -2.38. The van der Waals surface area contributed by atoms with Crippen LogP contribution >= 0.6 is 23.6 Å². The van der Waals surface area contributed by atoms with Crippen LogP contribution in [-0.2, 0) is 11.3 Å². The number of fused-ring (bicyclic) bond motifs is 1. The molecule has 0 aliphatic carbocycles.